The van der Waals surface area contributed by atoms with Gasteiger partial charge in [-0.05, 0) is 32.4 Å². The number of nitrogens with zero attached hydrogens (tertiary/aromatic N) is 1. The number of alkyl halides is 1. The van der Waals surface area contributed by atoms with Gasteiger partial charge >= 0.3 is 0 Å². The Morgan fingerprint density at radius 1 is 1.62 bits per heavy atom. The number of Topliss-reactive ketones (excluding diaryl/α,β-unsaturated/α-hetero) is 1. The van der Waals surface area contributed by atoms with E-state index in [0.29, 0.717) is 11.3 Å². The lowest BCUT2D eigenvalue weighted by Gasteiger charge is -2.13. The van der Waals surface area contributed by atoms with Crippen molar-refractivity contribution in [2.75, 3.05) is 0 Å². The maximum atomic E-state index is 13.2. The smallest absolute Gasteiger partial charge is 0.187 e. The number of ketones is 1. The minimum absolute atomic E-state index is 0.396. The number of rotatable bonds is 4. The Balaban J connectivity index is 2.81. The average Bonchev–Trinajstić information content (AvgIpc) is 2.61. The summed E-state index contributed by atoms with van der Waals surface area (Å²) in [5.74, 6) is -0.672. The molecule has 0 amide bonds. The molecule has 1 heterocycles. The molecule has 0 bridgehead atoms. The normalized spacial score (nSPS) is 15.9. The van der Waals surface area contributed by atoms with Crippen molar-refractivity contribution < 1.29 is 14.3 Å². The molecule has 0 saturated carbocycles. The van der Waals surface area contributed by atoms with Crippen molar-refractivity contribution in [3.8, 4) is 0 Å². The van der Waals surface area contributed by atoms with Crippen molar-refractivity contribution >= 4 is 23.2 Å². The molecule has 16 heavy (non-hydrogen) atoms. The zero-order valence-corrected chi connectivity index (χ0v) is 10.2. The first kappa shape index (κ1) is 13.0. The summed E-state index contributed by atoms with van der Waals surface area (Å²) in [7, 11) is 0. The molecule has 0 aliphatic carbocycles. The molecule has 1 N–H and O–H groups in total. The number of hydrogen-bond donors (Lipinski definition) is 1. The lowest BCUT2D eigenvalue weighted by Crippen LogP contribution is -2.29. The summed E-state index contributed by atoms with van der Waals surface area (Å²) in [5, 5.41) is 12.2. The molecule has 1 rings (SSSR count). The maximum Gasteiger partial charge on any atom is 0.187 e. The first-order valence-corrected chi connectivity index (χ1v) is 5.72. The lowest BCUT2D eigenvalue weighted by atomic mass is 10.0. The molecule has 0 spiro atoms. The third-order valence-electron chi connectivity index (χ3n) is 2.14. The van der Waals surface area contributed by atoms with Crippen molar-refractivity contribution in [2.24, 2.45) is 0 Å². The van der Waals surface area contributed by atoms with Gasteiger partial charge in [0.15, 0.2) is 12.0 Å². The van der Waals surface area contributed by atoms with E-state index in [4.69, 9.17) is 0 Å². The Bertz CT molecular complexity index is 414. The number of aliphatic hydroxyl groups is 1. The molecule has 3 nitrogen and oxygen atoms in total. The third kappa shape index (κ3) is 3.21. The highest BCUT2D eigenvalue weighted by Crippen LogP contribution is 2.16. The van der Waals surface area contributed by atoms with Gasteiger partial charge in [0.2, 0.25) is 0 Å². The van der Waals surface area contributed by atoms with Gasteiger partial charge in [-0.15, -0.1) is 11.3 Å². The van der Waals surface area contributed by atoms with Gasteiger partial charge in [0.25, 0.3) is 0 Å². The van der Waals surface area contributed by atoms with Crippen LogP contribution >= 0.6 is 11.3 Å². The third-order valence-corrected chi connectivity index (χ3v) is 2.94. The van der Waals surface area contributed by atoms with Crippen molar-refractivity contribution in [1.82, 2.24) is 4.98 Å². The Hall–Kier alpha value is -1.07. The summed E-state index contributed by atoms with van der Waals surface area (Å²) in [5.41, 5.74) is 1.07. The van der Waals surface area contributed by atoms with Crippen molar-refractivity contribution in [2.45, 2.75) is 33.0 Å². The van der Waals surface area contributed by atoms with E-state index in [9.17, 15) is 14.3 Å². The lowest BCUT2D eigenvalue weighted by molar-refractivity contribution is -0.124. The predicted octanol–water partition coefficient (Wildman–Crippen LogP) is 2.14. The van der Waals surface area contributed by atoms with E-state index in [1.807, 2.05) is 12.3 Å². The molecule has 1 aromatic heterocycles. The number of aryl methyl sites for hydroxylation is 1. The van der Waals surface area contributed by atoms with Gasteiger partial charge in [-0.1, -0.05) is 0 Å². The number of aliphatic hydroxyl groups excluding tert-OH is 1. The summed E-state index contributed by atoms with van der Waals surface area (Å²) >= 11 is 1.47. The summed E-state index contributed by atoms with van der Waals surface area (Å²) < 4.78 is 13.2. The topological polar surface area (TPSA) is 50.2 Å². The standard InChI is InChI=1S/C11H14FNO2S/c1-6(11(15)10(12)7(2)14)4-9-5-16-8(3)13-9/h4-5,10-11,15H,1-3H3/b6-4+. The van der Waals surface area contributed by atoms with Gasteiger partial charge in [0, 0.05) is 5.38 Å². The van der Waals surface area contributed by atoms with Crippen LogP contribution in [-0.2, 0) is 4.79 Å². The van der Waals surface area contributed by atoms with Crippen LogP contribution in [0.3, 0.4) is 0 Å². The van der Waals surface area contributed by atoms with Crippen LogP contribution in [0.15, 0.2) is 11.0 Å². The molecular weight excluding hydrogens is 229 g/mol. The Morgan fingerprint density at radius 2 is 2.25 bits per heavy atom. The summed E-state index contributed by atoms with van der Waals surface area (Å²) in [4.78, 5) is 14.9. The van der Waals surface area contributed by atoms with E-state index in [0.717, 1.165) is 11.9 Å². The highest BCUT2D eigenvalue weighted by Gasteiger charge is 2.24. The number of carbonyl (C=O) groups is 1. The molecule has 0 aromatic carbocycles. The Kier molecular flexibility index (Phi) is 4.32. The molecule has 5 heteroatoms. The second-order valence-corrected chi connectivity index (χ2v) is 4.70. The molecular formula is C11H14FNO2S. The van der Waals surface area contributed by atoms with Crippen molar-refractivity contribution in [3.05, 3.63) is 21.7 Å². The molecule has 1 aromatic rings. The number of aromatic nitrogens is 1. The quantitative estimate of drug-likeness (QED) is 0.881. The predicted molar refractivity (Wildman–Crippen MR) is 62.1 cm³/mol. The van der Waals surface area contributed by atoms with Gasteiger partial charge in [0.05, 0.1) is 10.7 Å². The van der Waals surface area contributed by atoms with Crippen LogP contribution in [0.1, 0.15) is 24.5 Å². The van der Waals surface area contributed by atoms with Crippen LogP contribution in [0, 0.1) is 6.92 Å². The molecule has 0 fully saturated rings. The SMILES string of the molecule is CC(=O)C(F)C(O)/C(C)=C/c1csc(C)n1. The number of hydrogen-bond acceptors (Lipinski definition) is 4. The molecule has 2 unspecified atom stereocenters. The summed E-state index contributed by atoms with van der Waals surface area (Å²) in [6, 6.07) is 0. The summed E-state index contributed by atoms with van der Waals surface area (Å²) in [6.45, 7) is 4.56. The van der Waals surface area contributed by atoms with Gasteiger partial charge in [-0.3, -0.25) is 4.79 Å². The van der Waals surface area contributed by atoms with Gasteiger partial charge in [-0.25, -0.2) is 9.37 Å². The van der Waals surface area contributed by atoms with E-state index < -0.39 is 18.1 Å². The number of carbonyl (C=O) groups excluding carboxylic acids is 1. The molecule has 0 aliphatic heterocycles. The number of thiazole rings is 1. The van der Waals surface area contributed by atoms with Crippen LogP contribution in [0.2, 0.25) is 0 Å². The van der Waals surface area contributed by atoms with Crippen LogP contribution in [0.4, 0.5) is 4.39 Å². The van der Waals surface area contributed by atoms with E-state index in [1.54, 1.807) is 13.0 Å². The monoisotopic (exact) mass is 243 g/mol. The Labute approximate surface area is 97.6 Å². The van der Waals surface area contributed by atoms with Crippen LogP contribution in [-0.4, -0.2) is 28.1 Å². The number of halogens is 1. The van der Waals surface area contributed by atoms with Gasteiger partial charge < -0.3 is 5.11 Å². The average molecular weight is 243 g/mol. The van der Waals surface area contributed by atoms with E-state index in [-0.39, 0.29) is 0 Å². The fourth-order valence-corrected chi connectivity index (χ4v) is 1.79. The van der Waals surface area contributed by atoms with E-state index in [2.05, 4.69) is 4.98 Å². The van der Waals surface area contributed by atoms with Crippen LogP contribution < -0.4 is 0 Å². The zero-order chi connectivity index (χ0) is 12.3. The zero-order valence-electron chi connectivity index (χ0n) is 9.40. The molecule has 0 saturated heterocycles. The van der Waals surface area contributed by atoms with Crippen molar-refractivity contribution in [1.29, 1.82) is 0 Å². The largest absolute Gasteiger partial charge is 0.385 e. The summed E-state index contributed by atoms with van der Waals surface area (Å²) in [6.07, 6.45) is -1.67. The van der Waals surface area contributed by atoms with Crippen LogP contribution in [0.25, 0.3) is 6.08 Å². The van der Waals surface area contributed by atoms with E-state index in [1.165, 1.54) is 11.3 Å². The van der Waals surface area contributed by atoms with E-state index >= 15 is 0 Å². The second-order valence-electron chi connectivity index (χ2n) is 3.64. The van der Waals surface area contributed by atoms with Gasteiger partial charge in [0.1, 0.15) is 6.10 Å². The molecule has 0 radical (unpaired) electrons. The highest BCUT2D eigenvalue weighted by molar-refractivity contribution is 7.09. The first-order chi connectivity index (χ1) is 7.41. The molecule has 2 atom stereocenters. The van der Waals surface area contributed by atoms with Crippen LogP contribution in [0.5, 0.6) is 0 Å². The highest BCUT2D eigenvalue weighted by atomic mass is 32.1. The Morgan fingerprint density at radius 3 is 2.69 bits per heavy atom. The molecule has 0 aliphatic rings. The maximum absolute atomic E-state index is 13.2. The minimum atomic E-state index is -1.86. The fraction of sp³-hybridized carbons (Fsp3) is 0.455. The van der Waals surface area contributed by atoms with Gasteiger partial charge in [-0.2, -0.15) is 0 Å². The minimum Gasteiger partial charge on any atom is -0.385 e. The van der Waals surface area contributed by atoms with Crippen molar-refractivity contribution in [3.63, 3.8) is 0 Å². The second kappa shape index (κ2) is 5.32. The molecule has 88 valence electrons. The first-order valence-electron chi connectivity index (χ1n) is 4.84. The fourth-order valence-electron chi connectivity index (χ4n) is 1.22.